The summed E-state index contributed by atoms with van der Waals surface area (Å²) in [6.07, 6.45) is 1.37. The molecule has 1 aliphatic heterocycles. The summed E-state index contributed by atoms with van der Waals surface area (Å²) >= 11 is 11.6. The number of aryl methyl sites for hydroxylation is 2. The molecule has 1 heterocycles. The molecule has 3 N–H and O–H groups in total. The summed E-state index contributed by atoms with van der Waals surface area (Å²) in [5.74, 6) is -1.28. The molecule has 3 rings (SSSR count). The summed E-state index contributed by atoms with van der Waals surface area (Å²) in [7, 11) is 0. The minimum Gasteiger partial charge on any atom is -0.482 e. The summed E-state index contributed by atoms with van der Waals surface area (Å²) in [5, 5.41) is 7.53. The van der Waals surface area contributed by atoms with Crippen LogP contribution in [0.5, 0.6) is 5.75 Å². The molecule has 0 saturated carbocycles. The average molecular weight is 567 g/mol. The van der Waals surface area contributed by atoms with Gasteiger partial charge >= 0.3 is 0 Å². The summed E-state index contributed by atoms with van der Waals surface area (Å²) in [5.41, 5.74) is 2.95. The van der Waals surface area contributed by atoms with Crippen LogP contribution in [0.1, 0.15) is 16.7 Å². The molecular weight excluding hydrogens is 550 g/mol. The van der Waals surface area contributed by atoms with Gasteiger partial charge in [-0.25, -0.2) is 0 Å². The van der Waals surface area contributed by atoms with E-state index in [1.54, 1.807) is 12.1 Å². The van der Waals surface area contributed by atoms with Crippen LogP contribution in [0.25, 0.3) is 6.08 Å². The predicted octanol–water partition coefficient (Wildman–Crippen LogP) is 3.76. The van der Waals surface area contributed by atoms with Crippen molar-refractivity contribution in [1.82, 2.24) is 10.6 Å². The lowest BCUT2D eigenvalue weighted by molar-refractivity contribution is -0.123. The van der Waals surface area contributed by atoms with Gasteiger partial charge in [-0.05, 0) is 77.4 Å². The minimum absolute atomic E-state index is 0.0536. The van der Waals surface area contributed by atoms with E-state index in [4.69, 9.17) is 17.0 Å². The fourth-order valence-electron chi connectivity index (χ4n) is 2.80. The molecule has 160 valence electrons. The standard InChI is InChI=1S/C21H17Br2N3O4S/c1-10-3-4-11(2)16(5-10)24-17(27)9-30-18-12(6-13(22)8-15(18)23)7-14-19(28)25-21(31)26-20(14)29/h3-8H,9H2,1-2H3,(H,24,27)(H2,25,26,28,29,31). The van der Waals surface area contributed by atoms with Crippen LogP contribution >= 0.6 is 44.1 Å². The van der Waals surface area contributed by atoms with E-state index in [0.717, 1.165) is 11.1 Å². The SMILES string of the molecule is Cc1ccc(C)c(NC(=O)COc2c(Br)cc(Br)cc2C=C2C(=O)NC(=S)NC2=O)c1. The first-order valence-electron chi connectivity index (χ1n) is 9.01. The Kier molecular flexibility index (Phi) is 7.24. The van der Waals surface area contributed by atoms with Crippen molar-refractivity contribution < 1.29 is 19.1 Å². The molecule has 31 heavy (non-hydrogen) atoms. The van der Waals surface area contributed by atoms with Crippen molar-refractivity contribution in [2.75, 3.05) is 11.9 Å². The number of hydrogen-bond acceptors (Lipinski definition) is 5. The summed E-state index contributed by atoms with van der Waals surface area (Å²) in [6, 6.07) is 9.17. The van der Waals surface area contributed by atoms with Gasteiger partial charge in [0.2, 0.25) is 0 Å². The number of hydrogen-bond donors (Lipinski definition) is 3. The van der Waals surface area contributed by atoms with Gasteiger partial charge in [-0.2, -0.15) is 0 Å². The first-order valence-corrected chi connectivity index (χ1v) is 11.0. The first kappa shape index (κ1) is 23.1. The highest BCUT2D eigenvalue weighted by Crippen LogP contribution is 2.34. The smallest absolute Gasteiger partial charge is 0.263 e. The molecule has 1 aliphatic rings. The van der Waals surface area contributed by atoms with Crippen molar-refractivity contribution in [2.24, 2.45) is 0 Å². The van der Waals surface area contributed by atoms with E-state index in [2.05, 4.69) is 47.8 Å². The number of nitrogens with one attached hydrogen (secondary N) is 3. The Morgan fingerprint density at radius 2 is 1.81 bits per heavy atom. The molecule has 0 aliphatic carbocycles. The molecule has 1 saturated heterocycles. The van der Waals surface area contributed by atoms with Crippen molar-refractivity contribution in [3.05, 3.63) is 61.5 Å². The molecule has 3 amide bonds. The lowest BCUT2D eigenvalue weighted by Crippen LogP contribution is -2.51. The molecule has 0 bridgehead atoms. The lowest BCUT2D eigenvalue weighted by Gasteiger charge is -2.17. The molecule has 7 nitrogen and oxygen atoms in total. The highest BCUT2D eigenvalue weighted by Gasteiger charge is 2.26. The van der Waals surface area contributed by atoms with E-state index in [1.807, 2.05) is 32.0 Å². The second kappa shape index (κ2) is 9.71. The number of carbonyl (C=O) groups excluding carboxylic acids is 3. The highest BCUT2D eigenvalue weighted by molar-refractivity contribution is 9.11. The van der Waals surface area contributed by atoms with Crippen LogP contribution < -0.4 is 20.7 Å². The number of anilines is 1. The van der Waals surface area contributed by atoms with E-state index < -0.39 is 11.8 Å². The maximum atomic E-state index is 12.5. The monoisotopic (exact) mass is 565 g/mol. The molecule has 0 aromatic heterocycles. The molecule has 0 unspecified atom stereocenters. The third-order valence-corrected chi connectivity index (χ3v) is 5.55. The maximum Gasteiger partial charge on any atom is 0.263 e. The summed E-state index contributed by atoms with van der Waals surface area (Å²) < 4.78 is 6.97. The number of thiocarbonyl (C=S) groups is 1. The molecule has 2 aromatic carbocycles. The Labute approximate surface area is 200 Å². The third-order valence-electron chi connectivity index (χ3n) is 4.30. The largest absolute Gasteiger partial charge is 0.482 e. The third kappa shape index (κ3) is 5.78. The van der Waals surface area contributed by atoms with Crippen LogP contribution in [0.2, 0.25) is 0 Å². The Morgan fingerprint density at radius 3 is 2.48 bits per heavy atom. The molecular formula is C21H17Br2N3O4S. The van der Waals surface area contributed by atoms with Crippen molar-refractivity contribution >= 4 is 78.7 Å². The number of benzene rings is 2. The molecule has 2 aromatic rings. The summed E-state index contributed by atoms with van der Waals surface area (Å²) in [4.78, 5) is 36.8. The van der Waals surface area contributed by atoms with Gasteiger partial charge in [-0.1, -0.05) is 28.1 Å². The van der Waals surface area contributed by atoms with Gasteiger partial charge in [0.1, 0.15) is 11.3 Å². The Morgan fingerprint density at radius 1 is 1.13 bits per heavy atom. The fourth-order valence-corrected chi connectivity index (χ4v) is 4.35. The molecule has 0 atom stereocenters. The number of amides is 3. The van der Waals surface area contributed by atoms with Crippen molar-refractivity contribution in [3.8, 4) is 5.75 Å². The van der Waals surface area contributed by atoms with E-state index in [1.165, 1.54) is 6.08 Å². The predicted molar refractivity (Wildman–Crippen MR) is 129 cm³/mol. The molecule has 1 fully saturated rings. The second-order valence-corrected chi connectivity index (χ2v) is 8.93. The van der Waals surface area contributed by atoms with E-state index >= 15 is 0 Å². The molecule has 0 spiro atoms. The Balaban J connectivity index is 1.83. The number of halogens is 2. The number of carbonyl (C=O) groups is 3. The normalized spacial score (nSPS) is 13.4. The summed E-state index contributed by atoms with van der Waals surface area (Å²) in [6.45, 7) is 3.57. The Bertz CT molecular complexity index is 1130. The lowest BCUT2D eigenvalue weighted by atomic mass is 10.1. The van der Waals surface area contributed by atoms with Gasteiger partial charge in [0.15, 0.2) is 11.7 Å². The van der Waals surface area contributed by atoms with Gasteiger partial charge < -0.3 is 10.1 Å². The fraction of sp³-hybridized carbons (Fsp3) is 0.143. The van der Waals surface area contributed by atoms with E-state index in [0.29, 0.717) is 25.9 Å². The zero-order valence-corrected chi connectivity index (χ0v) is 20.5. The Hall–Kier alpha value is -2.56. The van der Waals surface area contributed by atoms with Crippen LogP contribution in [0.15, 0.2) is 44.9 Å². The van der Waals surface area contributed by atoms with Crippen molar-refractivity contribution in [3.63, 3.8) is 0 Å². The maximum absolute atomic E-state index is 12.5. The van der Waals surface area contributed by atoms with Gasteiger partial charge in [-0.3, -0.25) is 25.0 Å². The van der Waals surface area contributed by atoms with Gasteiger partial charge in [0.05, 0.1) is 4.47 Å². The van der Waals surface area contributed by atoms with E-state index in [-0.39, 0.29) is 23.2 Å². The van der Waals surface area contributed by atoms with Crippen molar-refractivity contribution in [2.45, 2.75) is 13.8 Å². The molecule has 0 radical (unpaired) electrons. The zero-order chi connectivity index (χ0) is 22.7. The van der Waals surface area contributed by atoms with Gasteiger partial charge in [-0.15, -0.1) is 0 Å². The van der Waals surface area contributed by atoms with Crippen LogP contribution in [0, 0.1) is 13.8 Å². The van der Waals surface area contributed by atoms with Crippen molar-refractivity contribution in [1.29, 1.82) is 0 Å². The van der Waals surface area contributed by atoms with Crippen LogP contribution in [0.4, 0.5) is 5.69 Å². The topological polar surface area (TPSA) is 96.5 Å². The second-order valence-electron chi connectivity index (χ2n) is 6.76. The first-order chi connectivity index (χ1) is 14.6. The van der Waals surface area contributed by atoms with E-state index in [9.17, 15) is 14.4 Å². The van der Waals surface area contributed by atoms with Crippen LogP contribution in [-0.4, -0.2) is 29.4 Å². The van der Waals surface area contributed by atoms with Gasteiger partial charge in [0, 0.05) is 15.7 Å². The molecule has 10 heteroatoms. The van der Waals surface area contributed by atoms with Crippen LogP contribution in [0.3, 0.4) is 0 Å². The average Bonchev–Trinajstić information content (AvgIpc) is 2.66. The highest BCUT2D eigenvalue weighted by atomic mass is 79.9. The minimum atomic E-state index is -0.622. The van der Waals surface area contributed by atoms with Crippen LogP contribution in [-0.2, 0) is 14.4 Å². The number of rotatable bonds is 5. The zero-order valence-electron chi connectivity index (χ0n) is 16.5. The van der Waals surface area contributed by atoms with Gasteiger partial charge in [0.25, 0.3) is 17.7 Å². The number of ether oxygens (including phenoxy) is 1. The quantitative estimate of drug-likeness (QED) is 0.291.